The summed E-state index contributed by atoms with van der Waals surface area (Å²) in [5.74, 6) is 0.221. The van der Waals surface area contributed by atoms with Gasteiger partial charge in [0.1, 0.15) is 0 Å². The molecule has 0 aliphatic heterocycles. The van der Waals surface area contributed by atoms with E-state index in [1.165, 1.54) is 11.8 Å². The molecule has 0 saturated carbocycles. The van der Waals surface area contributed by atoms with Crippen molar-refractivity contribution in [3.63, 3.8) is 0 Å². The first kappa shape index (κ1) is 18.8. The number of carbonyl (C=O) groups is 1. The number of amides is 1. The Kier molecular flexibility index (Phi) is 5.24. The number of aromatic nitrogens is 3. The van der Waals surface area contributed by atoms with Crippen LogP contribution in [-0.2, 0) is 4.79 Å². The van der Waals surface area contributed by atoms with E-state index in [4.69, 9.17) is 11.6 Å². The quantitative estimate of drug-likeness (QED) is 0.479. The topological polar surface area (TPSA) is 59.3 Å². The normalized spacial score (nSPS) is 12.4. The van der Waals surface area contributed by atoms with Crippen LogP contribution in [0.2, 0.25) is 5.02 Å². The van der Waals surface area contributed by atoms with E-state index in [9.17, 15) is 4.79 Å². The molecule has 0 radical (unpaired) electrons. The van der Waals surface area contributed by atoms with Gasteiger partial charge in [0.15, 0.2) is 10.8 Å². The van der Waals surface area contributed by atoms with E-state index in [0.29, 0.717) is 10.2 Å². The second-order valence-corrected chi connectivity index (χ2v) is 8.03. The first-order chi connectivity index (χ1) is 13.5. The summed E-state index contributed by atoms with van der Waals surface area (Å²) in [6, 6.07) is 17.6. The van der Waals surface area contributed by atoms with Gasteiger partial charge >= 0.3 is 0 Å². The number of hydrogen-bond acceptors (Lipinski definition) is 4. The molecule has 142 valence electrons. The van der Waals surface area contributed by atoms with Gasteiger partial charge in [-0.1, -0.05) is 53.7 Å². The van der Waals surface area contributed by atoms with Crippen LogP contribution < -0.4 is 5.32 Å². The molecule has 0 spiro atoms. The minimum Gasteiger partial charge on any atom is -0.349 e. The fraction of sp³-hybridized carbons (Fsp3) is 0.190. The molecule has 28 heavy (non-hydrogen) atoms. The second kappa shape index (κ2) is 7.81. The Hall–Kier alpha value is -2.57. The van der Waals surface area contributed by atoms with Crippen LogP contribution in [0.5, 0.6) is 0 Å². The minimum atomic E-state index is -0.0462. The lowest BCUT2D eigenvalue weighted by molar-refractivity contribution is -0.119. The summed E-state index contributed by atoms with van der Waals surface area (Å²) < 4.78 is 1.97. The van der Waals surface area contributed by atoms with Gasteiger partial charge in [-0.05, 0) is 49.2 Å². The summed E-state index contributed by atoms with van der Waals surface area (Å²) in [5, 5.41) is 14.0. The molecule has 2 aromatic heterocycles. The highest BCUT2D eigenvalue weighted by Gasteiger charge is 2.15. The third-order valence-electron chi connectivity index (χ3n) is 4.64. The molecule has 0 aliphatic rings. The van der Waals surface area contributed by atoms with Crippen LogP contribution >= 0.6 is 23.4 Å². The van der Waals surface area contributed by atoms with E-state index >= 15 is 0 Å². The number of halogens is 1. The summed E-state index contributed by atoms with van der Waals surface area (Å²) in [5.41, 5.74) is 3.90. The van der Waals surface area contributed by atoms with E-state index in [-0.39, 0.29) is 17.7 Å². The average Bonchev–Trinajstić information content (AvgIpc) is 3.10. The van der Waals surface area contributed by atoms with Crippen LogP contribution in [0, 0.1) is 6.92 Å². The predicted molar refractivity (Wildman–Crippen MR) is 114 cm³/mol. The number of nitrogens with one attached hydrogen (secondary N) is 1. The van der Waals surface area contributed by atoms with E-state index in [1.54, 1.807) is 0 Å². The molecule has 1 unspecified atom stereocenters. The van der Waals surface area contributed by atoms with E-state index in [1.807, 2.05) is 72.8 Å². The molecule has 2 aromatic carbocycles. The van der Waals surface area contributed by atoms with Gasteiger partial charge in [-0.2, -0.15) is 0 Å². The van der Waals surface area contributed by atoms with Gasteiger partial charge in [0, 0.05) is 10.4 Å². The van der Waals surface area contributed by atoms with Crippen molar-refractivity contribution in [2.75, 3.05) is 5.75 Å². The molecule has 1 N–H and O–H groups in total. The first-order valence-electron chi connectivity index (χ1n) is 8.94. The zero-order chi connectivity index (χ0) is 19.7. The van der Waals surface area contributed by atoms with E-state index < -0.39 is 0 Å². The highest BCUT2D eigenvalue weighted by Crippen LogP contribution is 2.28. The lowest BCUT2D eigenvalue weighted by atomic mass is 10.1. The number of rotatable bonds is 5. The van der Waals surface area contributed by atoms with Gasteiger partial charge in [-0.3, -0.25) is 9.20 Å². The molecule has 1 atom stereocenters. The summed E-state index contributed by atoms with van der Waals surface area (Å²) in [4.78, 5) is 12.4. The van der Waals surface area contributed by atoms with Gasteiger partial charge < -0.3 is 5.32 Å². The zero-order valence-electron chi connectivity index (χ0n) is 15.5. The Labute approximate surface area is 172 Å². The molecule has 0 saturated heterocycles. The number of aryl methyl sites for hydroxylation is 1. The molecule has 4 rings (SSSR count). The first-order valence-corrected chi connectivity index (χ1v) is 10.3. The molecule has 1 amide bonds. The molecule has 5 nitrogen and oxygen atoms in total. The van der Waals surface area contributed by atoms with Gasteiger partial charge in [-0.25, -0.2) is 0 Å². The third-order valence-corrected chi connectivity index (χ3v) is 5.80. The second-order valence-electron chi connectivity index (χ2n) is 6.65. The minimum absolute atomic E-state index is 0.0439. The molecule has 2 heterocycles. The Balaban J connectivity index is 1.54. The number of benzene rings is 2. The van der Waals surface area contributed by atoms with Crippen LogP contribution in [-0.4, -0.2) is 26.3 Å². The smallest absolute Gasteiger partial charge is 0.230 e. The van der Waals surface area contributed by atoms with Crippen molar-refractivity contribution in [3.05, 3.63) is 70.7 Å². The number of nitrogens with zero attached hydrogens (tertiary/aromatic N) is 3. The fourth-order valence-electron chi connectivity index (χ4n) is 3.22. The zero-order valence-corrected chi connectivity index (χ0v) is 17.1. The van der Waals surface area contributed by atoms with Crippen LogP contribution in [0.4, 0.5) is 0 Å². The largest absolute Gasteiger partial charge is 0.349 e. The van der Waals surface area contributed by atoms with Crippen LogP contribution in [0.25, 0.3) is 16.6 Å². The number of thioether (sulfide) groups is 1. The highest BCUT2D eigenvalue weighted by molar-refractivity contribution is 7.99. The Morgan fingerprint density at radius 1 is 1.18 bits per heavy atom. The predicted octanol–water partition coefficient (Wildman–Crippen LogP) is 4.81. The molecule has 7 heteroatoms. The summed E-state index contributed by atoms with van der Waals surface area (Å²) in [7, 11) is 0. The maximum absolute atomic E-state index is 12.4. The van der Waals surface area contributed by atoms with Crippen molar-refractivity contribution in [2.24, 2.45) is 0 Å². The monoisotopic (exact) mass is 410 g/mol. The molecule has 0 fully saturated rings. The molecule has 4 aromatic rings. The van der Waals surface area contributed by atoms with Gasteiger partial charge in [0.05, 0.1) is 17.3 Å². The summed E-state index contributed by atoms with van der Waals surface area (Å²) in [6.07, 6.45) is 0. The van der Waals surface area contributed by atoms with Crippen molar-refractivity contribution >= 4 is 45.8 Å². The Bertz CT molecular complexity index is 1160. The standard InChI is InChI=1S/C21H19ClN4OS/c1-13-10-19-24-25-21(26(19)18-9-8-16(22)11-17(13)18)28-12-20(27)23-14(2)15-6-4-3-5-7-15/h3-11,14H,12H2,1-2H3,(H,23,27). The molecular weight excluding hydrogens is 392 g/mol. The lowest BCUT2D eigenvalue weighted by Crippen LogP contribution is -2.28. The Morgan fingerprint density at radius 3 is 2.75 bits per heavy atom. The van der Waals surface area contributed by atoms with Gasteiger partial charge in [-0.15, -0.1) is 10.2 Å². The third kappa shape index (κ3) is 3.70. The van der Waals surface area contributed by atoms with E-state index in [0.717, 1.165) is 27.7 Å². The molecule has 0 bridgehead atoms. The van der Waals surface area contributed by atoms with Crippen molar-refractivity contribution in [1.82, 2.24) is 19.9 Å². The van der Waals surface area contributed by atoms with Crippen molar-refractivity contribution in [3.8, 4) is 0 Å². The molecule has 0 aliphatic carbocycles. The maximum atomic E-state index is 12.4. The van der Waals surface area contributed by atoms with Gasteiger partial charge in [0.25, 0.3) is 0 Å². The van der Waals surface area contributed by atoms with Crippen LogP contribution in [0.15, 0.2) is 59.8 Å². The number of carbonyl (C=O) groups excluding carboxylic acids is 1. The maximum Gasteiger partial charge on any atom is 0.230 e. The SMILES string of the molecule is Cc1cc2nnc(SCC(=O)NC(C)c3ccccc3)n2c2ccc(Cl)cc12. The number of pyridine rings is 1. The number of hydrogen-bond donors (Lipinski definition) is 1. The van der Waals surface area contributed by atoms with Crippen molar-refractivity contribution < 1.29 is 4.79 Å². The number of fused-ring (bicyclic) bond motifs is 3. The fourth-order valence-corrected chi connectivity index (χ4v) is 4.16. The lowest BCUT2D eigenvalue weighted by Gasteiger charge is -2.14. The van der Waals surface area contributed by atoms with Crippen LogP contribution in [0.3, 0.4) is 0 Å². The van der Waals surface area contributed by atoms with Crippen LogP contribution in [0.1, 0.15) is 24.1 Å². The van der Waals surface area contributed by atoms with E-state index in [2.05, 4.69) is 15.5 Å². The molecular formula is C21H19ClN4OS. The Morgan fingerprint density at radius 2 is 1.96 bits per heavy atom. The van der Waals surface area contributed by atoms with Crippen molar-refractivity contribution in [2.45, 2.75) is 25.0 Å². The highest BCUT2D eigenvalue weighted by atomic mass is 35.5. The van der Waals surface area contributed by atoms with Gasteiger partial charge in [0.2, 0.25) is 5.91 Å². The van der Waals surface area contributed by atoms with Crippen molar-refractivity contribution in [1.29, 1.82) is 0 Å². The summed E-state index contributed by atoms with van der Waals surface area (Å²) >= 11 is 7.53. The summed E-state index contributed by atoms with van der Waals surface area (Å²) in [6.45, 7) is 4.00. The average molecular weight is 411 g/mol.